The standard InChI is InChI=1S/C36H34F2N6O6S.C24H20F2IN5O3S.C12H15NO3.C2H6.K/c1-24(33-42-32(19-51-33)26-7-10-29(39-2)11-8-26)36(20-44-22-40-21-41-44,30-12-9-28(37)17-31(30)38)50-35(46)49-23-48-34(45)27-5-3-25(4-6-27)18-43-13-15-47-16-14-43;1-15(22-31-21(10-36-22)16-3-6-18(28-2)7-4-16)24(35-23(33)34-12-27,11-32-14-29-13-30-32)19-8-5-17(25)9-20(19)26;14-12(15)11-3-1-10(2-4-11)9-13-5-7-16-8-6-13;1-2;/h3-12,17,19,21-22,24H,2,13-16,18,20,23H2,1H3;3-10,13-15H,2,11-12H2,1H3;1-4H,5-9H2,(H,14,15);1-2H3;/q;;;;+1/p-1/t24-,36?;15-,24?;;;/m00.../s1. The molecule has 0 bridgehead atoms. The van der Waals surface area contributed by atoms with Crippen LogP contribution in [0.2, 0.25) is 0 Å². The Balaban J connectivity index is 0.000000223. The summed E-state index contributed by atoms with van der Waals surface area (Å²) in [5, 5.41) is 23.5. The first kappa shape index (κ1) is 83.2. The number of hydrogen-bond donors (Lipinski definition) is 0. The normalized spacial score (nSPS) is 14.5. The summed E-state index contributed by atoms with van der Waals surface area (Å²) in [4.78, 5) is 79.2. The molecule has 0 aliphatic carbocycles. The number of hydrogen-bond acceptors (Lipinski definition) is 24. The summed E-state index contributed by atoms with van der Waals surface area (Å²) in [5.74, 6) is -6.83. The maximum Gasteiger partial charge on any atom is 1.00 e. The van der Waals surface area contributed by atoms with Crippen molar-refractivity contribution in [3.63, 3.8) is 0 Å². The third-order valence-electron chi connectivity index (χ3n) is 16.8. The Morgan fingerprint density at radius 2 is 0.991 bits per heavy atom. The molecule has 0 spiro atoms. The smallest absolute Gasteiger partial charge is 0.545 e. The fourth-order valence-corrected chi connectivity index (χ4v) is 13.5. The Kier molecular flexibility index (Phi) is 32.3. The van der Waals surface area contributed by atoms with Crippen molar-refractivity contribution in [1.82, 2.24) is 49.3 Å². The molecular formula is C74H74F4IKN12O12S2. The van der Waals surface area contributed by atoms with E-state index in [9.17, 15) is 33.1 Å². The van der Waals surface area contributed by atoms with E-state index in [1.165, 1.54) is 69.5 Å². The second kappa shape index (κ2) is 41.1. The summed E-state index contributed by atoms with van der Waals surface area (Å²) >= 11 is 4.44. The first-order valence-electron chi connectivity index (χ1n) is 32.9. The van der Waals surface area contributed by atoms with Crippen molar-refractivity contribution < 1.29 is 126 Å². The summed E-state index contributed by atoms with van der Waals surface area (Å²) < 4.78 is 99.7. The molecule has 0 amide bonds. The average molecular weight is 1630 g/mol. The minimum Gasteiger partial charge on any atom is -0.545 e. The number of halogens is 5. The van der Waals surface area contributed by atoms with Crippen LogP contribution in [0.1, 0.15) is 92.5 Å². The molecule has 12 rings (SSSR count). The van der Waals surface area contributed by atoms with Crippen molar-refractivity contribution in [2.24, 2.45) is 9.98 Å². The quantitative estimate of drug-likeness (QED) is 0.00751. The summed E-state index contributed by atoms with van der Waals surface area (Å²) in [5.41, 5.74) is 3.19. The van der Waals surface area contributed by atoms with Crippen LogP contribution in [0.25, 0.3) is 22.5 Å². The Morgan fingerprint density at radius 3 is 1.36 bits per heavy atom. The van der Waals surface area contributed by atoms with Crippen molar-refractivity contribution in [1.29, 1.82) is 0 Å². The Bertz CT molecular complexity index is 4470. The van der Waals surface area contributed by atoms with Gasteiger partial charge in [0.2, 0.25) is 6.79 Å². The van der Waals surface area contributed by atoms with Crippen LogP contribution < -0.4 is 56.5 Å². The van der Waals surface area contributed by atoms with Gasteiger partial charge >= 0.3 is 69.7 Å². The van der Waals surface area contributed by atoms with E-state index in [0.29, 0.717) is 46.4 Å². The minimum absolute atomic E-state index is 0. The molecule has 0 N–H and O–H groups in total. The number of thiazole rings is 2. The number of benzene rings is 6. The number of aliphatic imine (C=N–C) groups is 2. The number of carbonyl (C=O) groups is 4. The first-order chi connectivity index (χ1) is 50.8. The zero-order valence-corrected chi connectivity index (χ0v) is 65.5. The van der Waals surface area contributed by atoms with Gasteiger partial charge < -0.3 is 43.1 Å². The summed E-state index contributed by atoms with van der Waals surface area (Å²) in [6.07, 6.45) is 3.08. The van der Waals surface area contributed by atoms with Crippen molar-refractivity contribution in [2.75, 3.05) is 64.0 Å². The third-order valence-corrected chi connectivity index (χ3v) is 19.2. The predicted octanol–water partition coefficient (Wildman–Crippen LogP) is 10.7. The SMILES string of the molecule is C=Nc1ccc(-c2csc([C@H](C)C(Cn3cncn3)(OC(=O)OCI)c3ccc(F)cc3F)n2)cc1.C=Nc1ccc(-c2csc([C@H](C)C(Cn3cncn3)(OC(=O)OCOC(=O)c3ccc(CN4CCOCC4)cc3)c3ccc(F)cc3F)n2)cc1.CC.O=C([O-])c1ccc(CN2CCOCC2)cc1.[K+]. The van der Waals surface area contributed by atoms with Crippen LogP contribution in [0.15, 0.2) is 180 Å². The number of morpholine rings is 2. The van der Waals surface area contributed by atoms with Crippen LogP contribution in [0.4, 0.5) is 38.5 Å². The number of alkyl halides is 1. The number of rotatable bonds is 25. The molecule has 2 aliphatic heterocycles. The van der Waals surface area contributed by atoms with Gasteiger partial charge in [-0.3, -0.25) is 19.8 Å². The van der Waals surface area contributed by atoms with Crippen LogP contribution in [-0.4, -0.2) is 151 Å². The number of carbonyl (C=O) groups excluding carboxylic acids is 4. The molecule has 32 heteroatoms. The van der Waals surface area contributed by atoms with Crippen molar-refractivity contribution >= 4 is 94.3 Å². The van der Waals surface area contributed by atoms with Crippen LogP contribution in [-0.2, 0) is 70.5 Å². The fraction of sp³-hybridized carbons (Fsp3) is 0.297. The summed E-state index contributed by atoms with van der Waals surface area (Å²) in [7, 11) is 0. The van der Waals surface area contributed by atoms with Gasteiger partial charge in [0, 0.05) is 84.4 Å². The van der Waals surface area contributed by atoms with E-state index in [4.69, 9.17) is 43.1 Å². The molecule has 0 saturated carbocycles. The monoisotopic (exact) mass is 1630 g/mol. The van der Waals surface area contributed by atoms with E-state index < -0.39 is 77.3 Å². The molecule has 10 aromatic rings. The van der Waals surface area contributed by atoms with E-state index >= 15 is 8.78 Å². The van der Waals surface area contributed by atoms with Crippen LogP contribution >= 0.6 is 45.3 Å². The molecule has 106 heavy (non-hydrogen) atoms. The van der Waals surface area contributed by atoms with Gasteiger partial charge in [-0.1, -0.05) is 88.4 Å². The van der Waals surface area contributed by atoms with Crippen molar-refractivity contribution in [3.8, 4) is 22.5 Å². The number of carboxylic acid groups (broad SMARTS) is 1. The molecule has 4 atom stereocenters. The van der Waals surface area contributed by atoms with Crippen molar-refractivity contribution in [2.45, 2.75) is 76.9 Å². The molecule has 6 heterocycles. The third kappa shape index (κ3) is 22.6. The summed E-state index contributed by atoms with van der Waals surface area (Å²) in [6.45, 7) is 21.3. The number of esters is 1. The molecule has 2 aliphatic rings. The van der Waals surface area contributed by atoms with E-state index in [1.807, 2.05) is 108 Å². The van der Waals surface area contributed by atoms with Crippen molar-refractivity contribution in [3.05, 3.63) is 236 Å². The molecular weight excluding hydrogens is 1560 g/mol. The van der Waals surface area contributed by atoms with E-state index in [1.54, 1.807) is 50.2 Å². The van der Waals surface area contributed by atoms with Crippen LogP contribution in [0, 0.1) is 23.3 Å². The number of nitrogens with zero attached hydrogens (tertiary/aromatic N) is 12. The van der Waals surface area contributed by atoms with E-state index in [0.717, 1.165) is 98.6 Å². The zero-order chi connectivity index (χ0) is 74.9. The topological polar surface area (TPSA) is 274 Å². The molecule has 2 fully saturated rings. The van der Waals surface area contributed by atoms with Gasteiger partial charge in [-0.05, 0) is 113 Å². The molecule has 24 nitrogen and oxygen atoms in total. The maximum absolute atomic E-state index is 15.7. The molecule has 2 saturated heterocycles. The zero-order valence-electron chi connectivity index (χ0n) is 58.6. The Hall–Kier alpha value is -8.39. The maximum atomic E-state index is 15.7. The first-order valence-corrected chi connectivity index (χ1v) is 36.2. The summed E-state index contributed by atoms with van der Waals surface area (Å²) in [6, 6.07) is 34.5. The second-order valence-corrected chi connectivity index (χ2v) is 25.7. The average Bonchev–Trinajstić information content (AvgIpc) is 1.19. The van der Waals surface area contributed by atoms with Gasteiger partial charge in [0.1, 0.15) is 63.2 Å². The largest absolute Gasteiger partial charge is 1.00 e. The number of carboxylic acids is 1. The van der Waals surface area contributed by atoms with E-state index in [-0.39, 0.29) is 91.3 Å². The molecule has 550 valence electrons. The molecule has 4 aromatic heterocycles. The van der Waals surface area contributed by atoms with Gasteiger partial charge in [0.25, 0.3) is 0 Å². The molecule has 0 radical (unpaired) electrons. The van der Waals surface area contributed by atoms with E-state index in [2.05, 4.69) is 53.4 Å². The second-order valence-electron chi connectivity index (χ2n) is 23.3. The van der Waals surface area contributed by atoms with Gasteiger partial charge in [-0.25, -0.2) is 61.2 Å². The van der Waals surface area contributed by atoms with Gasteiger partial charge in [0.15, 0.2) is 11.2 Å². The molecule has 6 aromatic carbocycles. The minimum atomic E-state index is -1.89. The fourth-order valence-electron chi connectivity index (χ4n) is 11.3. The predicted molar refractivity (Wildman–Crippen MR) is 392 cm³/mol. The van der Waals surface area contributed by atoms with Gasteiger partial charge in [-0.2, -0.15) is 10.2 Å². The number of aromatic nitrogens is 8. The molecule has 2 unspecified atom stereocenters. The van der Waals surface area contributed by atoms with Gasteiger partial charge in [0.05, 0.1) is 85.6 Å². The Labute approximate surface area is 673 Å². The van der Waals surface area contributed by atoms with Crippen LogP contribution in [0.3, 0.4) is 0 Å². The number of aromatic carboxylic acids is 1. The Morgan fingerprint density at radius 1 is 0.585 bits per heavy atom. The van der Waals surface area contributed by atoms with Gasteiger partial charge in [-0.15, -0.1) is 22.7 Å². The number of ether oxygens (including phenoxy) is 7. The van der Waals surface area contributed by atoms with Crippen LogP contribution in [0.5, 0.6) is 0 Å².